The first-order valence-electron chi connectivity index (χ1n) is 12.4. The van der Waals surface area contributed by atoms with E-state index in [0.717, 1.165) is 0 Å². The second-order valence-corrected chi connectivity index (χ2v) is 8.46. The van der Waals surface area contributed by atoms with E-state index in [4.69, 9.17) is 0 Å². The molecule has 0 radical (unpaired) electrons. The first-order valence-corrected chi connectivity index (χ1v) is 12.4. The molecule has 0 amide bonds. The van der Waals surface area contributed by atoms with Crippen LogP contribution in [0.15, 0.2) is 47.3 Å². The number of rotatable bonds is 7. The fraction of sp³-hybridized carbons (Fsp3) is 0.500. The van der Waals surface area contributed by atoms with Crippen molar-refractivity contribution in [2.24, 2.45) is 0 Å². The number of halogens is 24. The first kappa shape index (κ1) is 67.2. The number of methoxy groups -OCH3 is 2. The average molecular weight is 1150 g/mol. The van der Waals surface area contributed by atoms with Crippen molar-refractivity contribution in [3.05, 3.63) is 47.3 Å². The van der Waals surface area contributed by atoms with Crippen LogP contribution in [0.5, 0.6) is 0 Å². The summed E-state index contributed by atoms with van der Waals surface area (Å²) in [6.45, 7) is 1.38. The van der Waals surface area contributed by atoms with Crippen molar-refractivity contribution < 1.29 is 194 Å². The number of hydrogen-bond acceptors (Lipinski definition) is 10. The third-order valence-corrected chi connectivity index (χ3v) is 3.78. The molecule has 0 N–H and O–H groups in total. The fourth-order valence-electron chi connectivity index (χ4n) is 1.30. The molecule has 0 rings (SSSR count). The summed E-state index contributed by atoms with van der Waals surface area (Å²) < 4.78 is 280. The summed E-state index contributed by atoms with van der Waals surface area (Å²) in [5.41, 5.74) is 0. The van der Waals surface area contributed by atoms with E-state index in [2.05, 4.69) is 9.47 Å². The molecule has 0 saturated heterocycles. The predicted molar refractivity (Wildman–Crippen MR) is 125 cm³/mol. The number of carbonyl (C=O) groups is 4. The smallest absolute Gasteiger partial charge is 0.869 e. The number of carbonyl (C=O) groups excluding carboxylic acids is 4. The largest absolute Gasteiger partial charge is 4.00 e. The summed E-state index contributed by atoms with van der Waals surface area (Å²) in [6.07, 6.45) is -47.8. The molecule has 0 aliphatic heterocycles. The van der Waals surface area contributed by atoms with Crippen LogP contribution in [0.4, 0.5) is 105 Å². The summed E-state index contributed by atoms with van der Waals surface area (Å²) in [4.78, 5) is 39.3. The number of ether oxygens (including phenoxy) is 2. The quantitative estimate of drug-likeness (QED) is 0.157. The molecule has 0 aromatic heterocycles. The molecular weight excluding hydrogens is 1140 g/mol. The molecule has 0 aliphatic rings. The fourth-order valence-corrected chi connectivity index (χ4v) is 1.30. The van der Waals surface area contributed by atoms with Crippen molar-refractivity contribution in [1.29, 1.82) is 0 Å². The predicted octanol–water partition coefficient (Wildman–Crippen LogP) is 3.98. The maximum atomic E-state index is 11.3. The van der Waals surface area contributed by atoms with Gasteiger partial charge >= 0.3 is 89.4 Å². The summed E-state index contributed by atoms with van der Waals surface area (Å²) >= 11 is 0. The zero-order valence-electron chi connectivity index (χ0n) is 27.4. The second kappa shape index (κ2) is 26.6. The van der Waals surface area contributed by atoms with E-state index in [0.29, 0.717) is 13.2 Å². The topological polar surface area (TPSA) is 179 Å². The van der Waals surface area contributed by atoms with Crippen LogP contribution in [-0.2, 0) is 28.7 Å². The Balaban J connectivity index is -0.000000151. The van der Waals surface area contributed by atoms with Crippen LogP contribution in [0.25, 0.3) is 0 Å². The zero-order valence-corrected chi connectivity index (χ0v) is 31.5. The van der Waals surface area contributed by atoms with Gasteiger partial charge in [0.05, 0.1) is 13.2 Å². The van der Waals surface area contributed by atoms with Gasteiger partial charge in [-0.25, -0.2) is 0 Å². The van der Waals surface area contributed by atoms with Crippen molar-refractivity contribution >= 4 is 23.1 Å². The van der Waals surface area contributed by atoms with Gasteiger partial charge in [-0.2, -0.15) is 105 Å². The van der Waals surface area contributed by atoms with E-state index < -0.39 is 120 Å². The molecule has 10 nitrogen and oxygen atoms in total. The standard InChI is InChI=1S/4C5H2F6O2.C4H10O2.Th/c4*6-4(7,8)2(12)1-3(13)5(9,10)11;1-5-3-4-6-2;/h4*1,12H;3-4H2,1-2H3;/q;;;;;+4/p-4/b4*2-1-;;. The van der Waals surface area contributed by atoms with Gasteiger partial charge < -0.3 is 29.9 Å². The van der Waals surface area contributed by atoms with Crippen LogP contribution in [0.2, 0.25) is 0 Å². The molecule has 59 heavy (non-hydrogen) atoms. The summed E-state index contributed by atoms with van der Waals surface area (Å²) in [5.74, 6) is -22.6. The summed E-state index contributed by atoms with van der Waals surface area (Å²) in [7, 11) is 3.30. The van der Waals surface area contributed by atoms with E-state index in [-0.39, 0.29) is 39.9 Å². The van der Waals surface area contributed by atoms with E-state index in [1.54, 1.807) is 14.2 Å². The van der Waals surface area contributed by atoms with Gasteiger partial charge in [0.2, 0.25) is 0 Å². The number of allylic oxidation sites excluding steroid dienone is 8. The molecule has 0 saturated carbocycles. The van der Waals surface area contributed by atoms with Crippen LogP contribution in [-0.4, -0.2) is 100.0 Å². The van der Waals surface area contributed by atoms with Crippen molar-refractivity contribution in [2.45, 2.75) is 49.4 Å². The second-order valence-electron chi connectivity index (χ2n) is 8.46. The van der Waals surface area contributed by atoms with E-state index in [1.165, 1.54) is 0 Å². The van der Waals surface area contributed by atoms with Crippen LogP contribution in [0.3, 0.4) is 0 Å². The molecule has 342 valence electrons. The minimum Gasteiger partial charge on any atom is -0.869 e. The van der Waals surface area contributed by atoms with Crippen LogP contribution in [0, 0.1) is 39.9 Å². The SMILES string of the molecule is COCCOC.O=C(/C=C(\[O-])C(F)(F)F)C(F)(F)F.O=C(/C=C(\[O-])C(F)(F)F)C(F)(F)F.O=C(/C=C(\[O-])C(F)(F)F)C(F)(F)F.O=C(/C=C(\[O-])C(F)(F)F)C(F)(F)F.[Th+4]. The minimum absolute atomic E-state index is 0. The third kappa shape index (κ3) is 37.2. The molecule has 0 fully saturated rings. The van der Waals surface area contributed by atoms with Gasteiger partial charge in [-0.05, 0) is 47.3 Å². The number of alkyl halides is 24. The Kier molecular flexibility index (Phi) is 30.3. The van der Waals surface area contributed by atoms with Crippen molar-refractivity contribution in [3.8, 4) is 0 Å². The van der Waals surface area contributed by atoms with Gasteiger partial charge in [0.1, 0.15) is 0 Å². The maximum absolute atomic E-state index is 11.3. The Hall–Kier alpha value is -3.60. The molecule has 35 heteroatoms. The Bertz CT molecular complexity index is 1220. The van der Waals surface area contributed by atoms with E-state index in [9.17, 15) is 145 Å². The van der Waals surface area contributed by atoms with Crippen LogP contribution in [0.1, 0.15) is 0 Å². The molecule has 0 aromatic carbocycles. The van der Waals surface area contributed by atoms with Gasteiger partial charge in [0.15, 0.2) is 0 Å². The third-order valence-electron chi connectivity index (χ3n) is 3.78. The zero-order chi connectivity index (χ0) is 48.3. The normalized spacial score (nSPS) is 13.7. The number of hydrogen-bond donors (Lipinski definition) is 0. The molecule has 0 spiro atoms. The van der Waals surface area contributed by atoms with Crippen molar-refractivity contribution in [2.75, 3.05) is 27.4 Å². The maximum Gasteiger partial charge on any atom is 4.00 e. The van der Waals surface area contributed by atoms with E-state index in [1.807, 2.05) is 0 Å². The van der Waals surface area contributed by atoms with Gasteiger partial charge in [-0.15, -0.1) is 0 Å². The Morgan fingerprint density at radius 3 is 0.525 bits per heavy atom. The van der Waals surface area contributed by atoms with Crippen LogP contribution >= 0.6 is 0 Å². The van der Waals surface area contributed by atoms with Gasteiger partial charge in [-0.1, -0.05) is 0 Å². The molecule has 0 unspecified atom stereocenters. The summed E-state index contributed by atoms with van der Waals surface area (Å²) in [5, 5.41) is 39.3. The van der Waals surface area contributed by atoms with Crippen molar-refractivity contribution in [3.63, 3.8) is 0 Å². The molecule has 0 heterocycles. The van der Waals surface area contributed by atoms with E-state index >= 15 is 0 Å². The van der Waals surface area contributed by atoms with Gasteiger partial charge in [0.25, 0.3) is 23.1 Å². The minimum atomic E-state index is -5.46. The molecular formula is C24H14F24O10Th. The Morgan fingerprint density at radius 2 is 0.458 bits per heavy atom. The van der Waals surface area contributed by atoms with Gasteiger partial charge in [-0.3, -0.25) is 19.2 Å². The molecule has 0 bridgehead atoms. The Morgan fingerprint density at radius 1 is 0.339 bits per heavy atom. The van der Waals surface area contributed by atoms with Crippen LogP contribution < -0.4 is 20.4 Å². The van der Waals surface area contributed by atoms with Gasteiger partial charge in [0, 0.05) is 14.2 Å². The molecule has 0 aliphatic carbocycles. The first-order chi connectivity index (χ1) is 25.1. The molecule has 0 aromatic rings. The monoisotopic (exact) mass is 1150 g/mol. The summed E-state index contributed by atoms with van der Waals surface area (Å²) in [6, 6.07) is 0. The Labute approximate surface area is 341 Å². The van der Waals surface area contributed by atoms with Crippen molar-refractivity contribution in [1.82, 2.24) is 0 Å². The number of ketones is 4. The molecule has 0 atom stereocenters. The average Bonchev–Trinajstić information content (AvgIpc) is 2.97.